The molecule has 0 bridgehead atoms. The molecular weight excluding hydrogens is 312 g/mol. The van der Waals surface area contributed by atoms with Gasteiger partial charge in [-0.25, -0.2) is 4.18 Å². The molecule has 0 saturated heterocycles. The van der Waals surface area contributed by atoms with E-state index in [1.807, 2.05) is 6.92 Å². The molecule has 0 fully saturated rings. The van der Waals surface area contributed by atoms with Crippen LogP contribution < -0.4 is 0 Å². The second kappa shape index (κ2) is 12.2. The van der Waals surface area contributed by atoms with Crippen LogP contribution >= 0.6 is 0 Å². The van der Waals surface area contributed by atoms with Gasteiger partial charge in [-0.15, -0.1) is 0 Å². The molecule has 0 aliphatic rings. The highest BCUT2D eigenvalue weighted by atomic mass is 32.3. The minimum Gasteiger partial charge on any atom is -0.384 e. The number of rotatable bonds is 15. The molecule has 1 N–H and O–H groups in total. The van der Waals surface area contributed by atoms with Crippen LogP contribution in [0.15, 0.2) is 0 Å². The van der Waals surface area contributed by atoms with Crippen molar-refractivity contribution in [3.63, 3.8) is 0 Å². The van der Waals surface area contributed by atoms with Gasteiger partial charge in [0.2, 0.25) is 0 Å². The second-order valence-electron chi connectivity index (χ2n) is 5.33. The Morgan fingerprint density at radius 3 is 2.23 bits per heavy atom. The quantitative estimate of drug-likeness (QED) is 0.360. The standard InChI is InChI=1S/C14H30O7S/c1-4-6-9-20-12-14(11-18-3,8-7-10-19-5-2)13-21-22(15,16)17/h4-13H2,1-3H3,(H,15,16,17)/t14-/m1/s1. The fourth-order valence-corrected chi connectivity index (χ4v) is 2.47. The van der Waals surface area contributed by atoms with E-state index in [2.05, 4.69) is 11.1 Å². The van der Waals surface area contributed by atoms with E-state index >= 15 is 0 Å². The molecular formula is C14H30O7S. The molecule has 0 heterocycles. The van der Waals surface area contributed by atoms with Crippen molar-refractivity contribution >= 4 is 10.4 Å². The van der Waals surface area contributed by atoms with Crippen LogP contribution in [0.3, 0.4) is 0 Å². The summed E-state index contributed by atoms with van der Waals surface area (Å²) in [5.74, 6) is 0. The Hall–Kier alpha value is -0.250. The van der Waals surface area contributed by atoms with Gasteiger partial charge < -0.3 is 14.2 Å². The number of methoxy groups -OCH3 is 1. The van der Waals surface area contributed by atoms with Gasteiger partial charge in [-0.1, -0.05) is 13.3 Å². The lowest BCUT2D eigenvalue weighted by molar-refractivity contribution is -0.0434. The first kappa shape index (κ1) is 21.8. The molecule has 0 unspecified atom stereocenters. The molecule has 8 heteroatoms. The Bertz CT molecular complexity index is 344. The van der Waals surface area contributed by atoms with Gasteiger partial charge in [0, 0.05) is 32.3 Å². The second-order valence-corrected chi connectivity index (χ2v) is 6.42. The van der Waals surface area contributed by atoms with E-state index in [0.717, 1.165) is 19.3 Å². The predicted octanol–water partition coefficient (Wildman–Crippen LogP) is 2.07. The molecule has 134 valence electrons. The average Bonchev–Trinajstić information content (AvgIpc) is 2.45. The van der Waals surface area contributed by atoms with Crippen LogP contribution in [0.1, 0.15) is 39.5 Å². The summed E-state index contributed by atoms with van der Waals surface area (Å²) in [5, 5.41) is 0. The summed E-state index contributed by atoms with van der Waals surface area (Å²) < 4.78 is 51.3. The molecule has 0 aromatic heterocycles. The number of ether oxygens (including phenoxy) is 3. The summed E-state index contributed by atoms with van der Waals surface area (Å²) in [6.07, 6.45) is 3.29. The fourth-order valence-electron chi connectivity index (χ4n) is 2.08. The van der Waals surface area contributed by atoms with E-state index in [1.165, 1.54) is 7.11 Å². The zero-order valence-corrected chi connectivity index (χ0v) is 14.7. The molecule has 0 spiro atoms. The SMILES string of the molecule is CCCCOC[C@@](CCCOCC)(COC)COS(=O)(=O)O. The number of unbranched alkanes of at least 4 members (excludes halogenated alkanes) is 1. The van der Waals surface area contributed by atoms with Gasteiger partial charge in [0.25, 0.3) is 0 Å². The number of hydrogen-bond donors (Lipinski definition) is 1. The van der Waals surface area contributed by atoms with Gasteiger partial charge in [0.1, 0.15) is 0 Å². The highest BCUT2D eigenvalue weighted by Crippen LogP contribution is 2.27. The van der Waals surface area contributed by atoms with Crippen LogP contribution in [0.5, 0.6) is 0 Å². The van der Waals surface area contributed by atoms with Crippen LogP contribution in [-0.4, -0.2) is 59.7 Å². The van der Waals surface area contributed by atoms with Crippen molar-refractivity contribution in [2.24, 2.45) is 5.41 Å². The summed E-state index contributed by atoms with van der Waals surface area (Å²) in [5.41, 5.74) is -0.630. The van der Waals surface area contributed by atoms with Gasteiger partial charge >= 0.3 is 10.4 Å². The molecule has 0 amide bonds. The van der Waals surface area contributed by atoms with Crippen molar-refractivity contribution in [3.8, 4) is 0 Å². The van der Waals surface area contributed by atoms with E-state index in [0.29, 0.717) is 32.8 Å². The van der Waals surface area contributed by atoms with Gasteiger partial charge in [-0.3, -0.25) is 4.55 Å². The largest absolute Gasteiger partial charge is 0.397 e. The van der Waals surface area contributed by atoms with Crippen molar-refractivity contribution in [3.05, 3.63) is 0 Å². The van der Waals surface area contributed by atoms with Crippen molar-refractivity contribution in [2.75, 3.05) is 46.8 Å². The molecule has 0 aliphatic heterocycles. The first-order chi connectivity index (χ1) is 10.4. The van der Waals surface area contributed by atoms with E-state index in [1.54, 1.807) is 0 Å². The lowest BCUT2D eigenvalue weighted by Crippen LogP contribution is -2.38. The average molecular weight is 342 g/mol. The van der Waals surface area contributed by atoms with Crippen LogP contribution in [0.25, 0.3) is 0 Å². The zero-order valence-electron chi connectivity index (χ0n) is 13.9. The van der Waals surface area contributed by atoms with Gasteiger partial charge in [0.05, 0.1) is 19.8 Å². The number of hydrogen-bond acceptors (Lipinski definition) is 6. The first-order valence-corrected chi connectivity index (χ1v) is 9.02. The van der Waals surface area contributed by atoms with Crippen LogP contribution in [-0.2, 0) is 28.8 Å². The summed E-state index contributed by atoms with van der Waals surface area (Å²) >= 11 is 0. The molecule has 0 radical (unpaired) electrons. The summed E-state index contributed by atoms with van der Waals surface area (Å²) in [7, 11) is -2.95. The fraction of sp³-hybridized carbons (Fsp3) is 1.00. The van der Waals surface area contributed by atoms with E-state index < -0.39 is 15.8 Å². The smallest absolute Gasteiger partial charge is 0.384 e. The highest BCUT2D eigenvalue weighted by Gasteiger charge is 2.33. The van der Waals surface area contributed by atoms with E-state index in [9.17, 15) is 8.42 Å². The van der Waals surface area contributed by atoms with Crippen LogP contribution in [0.2, 0.25) is 0 Å². The maximum Gasteiger partial charge on any atom is 0.397 e. The van der Waals surface area contributed by atoms with E-state index in [-0.39, 0.29) is 13.2 Å². The monoisotopic (exact) mass is 342 g/mol. The van der Waals surface area contributed by atoms with Gasteiger partial charge in [-0.2, -0.15) is 8.42 Å². The normalized spacial score (nSPS) is 14.9. The predicted molar refractivity (Wildman–Crippen MR) is 83.3 cm³/mol. The van der Waals surface area contributed by atoms with Crippen molar-refractivity contribution < 1.29 is 31.4 Å². The Morgan fingerprint density at radius 2 is 1.68 bits per heavy atom. The third-order valence-electron chi connectivity index (χ3n) is 3.21. The molecule has 0 rings (SSSR count). The molecule has 1 atom stereocenters. The zero-order chi connectivity index (χ0) is 16.9. The lowest BCUT2D eigenvalue weighted by atomic mass is 9.86. The maximum absolute atomic E-state index is 10.9. The van der Waals surface area contributed by atoms with Gasteiger partial charge in [-0.05, 0) is 26.2 Å². The molecule has 7 nitrogen and oxygen atoms in total. The molecule has 0 aromatic rings. The van der Waals surface area contributed by atoms with Crippen molar-refractivity contribution in [1.82, 2.24) is 0 Å². The molecule has 0 aromatic carbocycles. The Balaban J connectivity index is 4.67. The van der Waals surface area contributed by atoms with E-state index in [4.69, 9.17) is 18.8 Å². The molecule has 22 heavy (non-hydrogen) atoms. The minimum absolute atomic E-state index is 0.183. The summed E-state index contributed by atoms with van der Waals surface area (Å²) in [6, 6.07) is 0. The van der Waals surface area contributed by atoms with Crippen LogP contribution in [0, 0.1) is 5.41 Å². The maximum atomic E-state index is 10.9. The van der Waals surface area contributed by atoms with Crippen molar-refractivity contribution in [1.29, 1.82) is 0 Å². The summed E-state index contributed by atoms with van der Waals surface area (Å²) in [4.78, 5) is 0. The molecule has 0 aliphatic carbocycles. The lowest BCUT2D eigenvalue weighted by Gasteiger charge is -2.32. The Kier molecular flexibility index (Phi) is 12.1. The van der Waals surface area contributed by atoms with Crippen molar-refractivity contribution in [2.45, 2.75) is 39.5 Å². The molecule has 0 saturated carbocycles. The topological polar surface area (TPSA) is 91.3 Å². The minimum atomic E-state index is -4.49. The first-order valence-electron chi connectivity index (χ1n) is 7.65. The van der Waals surface area contributed by atoms with Gasteiger partial charge in [0.15, 0.2) is 0 Å². The Morgan fingerprint density at radius 1 is 1.00 bits per heavy atom. The van der Waals surface area contributed by atoms with Crippen LogP contribution in [0.4, 0.5) is 0 Å². The third-order valence-corrected chi connectivity index (χ3v) is 3.63. The third kappa shape index (κ3) is 11.3. The highest BCUT2D eigenvalue weighted by molar-refractivity contribution is 7.80. The summed E-state index contributed by atoms with van der Waals surface area (Å²) in [6.45, 7) is 6.18. The Labute approximate surface area is 134 Å².